The number of rotatable bonds is 3. The lowest BCUT2D eigenvalue weighted by atomic mass is 10.1. The molecule has 2 rings (SSSR count). The molecule has 0 atom stereocenters. The third-order valence-corrected chi connectivity index (χ3v) is 2.94. The van der Waals surface area contributed by atoms with Crippen molar-refractivity contribution in [1.82, 2.24) is 10.2 Å². The van der Waals surface area contributed by atoms with E-state index in [0.717, 1.165) is 19.2 Å². The van der Waals surface area contributed by atoms with Crippen molar-refractivity contribution < 1.29 is 27.8 Å². The second-order valence-electron chi connectivity index (χ2n) is 4.01. The number of nitrogens with one attached hydrogen (secondary N) is 1. The normalized spacial score (nSPS) is 11.5. The van der Waals surface area contributed by atoms with Gasteiger partial charge in [0.05, 0.1) is 23.4 Å². The number of carbonyl (C=O) groups is 1. The fourth-order valence-corrected chi connectivity index (χ4v) is 2.04. The van der Waals surface area contributed by atoms with Crippen molar-refractivity contribution in [2.75, 3.05) is 7.11 Å². The number of hydrogen-bond donors (Lipinski definition) is 2. The van der Waals surface area contributed by atoms with Crippen LogP contribution in [0.5, 0.6) is 5.75 Å². The Morgan fingerprint density at radius 2 is 2.05 bits per heavy atom. The van der Waals surface area contributed by atoms with Crippen LogP contribution in [0, 0.1) is 0 Å². The molecule has 0 radical (unpaired) electrons. The van der Waals surface area contributed by atoms with E-state index in [9.17, 15) is 18.0 Å². The van der Waals surface area contributed by atoms with Crippen molar-refractivity contribution >= 4 is 17.6 Å². The van der Waals surface area contributed by atoms with Crippen LogP contribution < -0.4 is 4.74 Å². The van der Waals surface area contributed by atoms with Crippen LogP contribution >= 0.6 is 11.6 Å². The number of carboxylic acids is 1. The third kappa shape index (κ3) is 2.94. The van der Waals surface area contributed by atoms with Gasteiger partial charge in [-0.2, -0.15) is 18.3 Å². The second kappa shape index (κ2) is 5.28. The Labute approximate surface area is 121 Å². The summed E-state index contributed by atoms with van der Waals surface area (Å²) in [6.07, 6.45) is -4.67. The van der Waals surface area contributed by atoms with Gasteiger partial charge in [-0.1, -0.05) is 11.6 Å². The van der Waals surface area contributed by atoms with Crippen LogP contribution in [0.15, 0.2) is 18.2 Å². The summed E-state index contributed by atoms with van der Waals surface area (Å²) in [5.41, 5.74) is -1.25. The number of H-pyrrole nitrogens is 1. The van der Waals surface area contributed by atoms with Gasteiger partial charge in [-0.25, -0.2) is 4.79 Å². The van der Waals surface area contributed by atoms with Crippen LogP contribution in [0.2, 0.25) is 5.02 Å². The van der Waals surface area contributed by atoms with E-state index in [0.29, 0.717) is 0 Å². The monoisotopic (exact) mass is 320 g/mol. The minimum absolute atomic E-state index is 0.0249. The van der Waals surface area contributed by atoms with Gasteiger partial charge in [0.1, 0.15) is 11.4 Å². The van der Waals surface area contributed by atoms with Gasteiger partial charge in [-0.05, 0) is 18.2 Å². The molecule has 5 nitrogen and oxygen atoms in total. The summed E-state index contributed by atoms with van der Waals surface area (Å²) in [5, 5.41) is 14.4. The molecule has 0 saturated heterocycles. The van der Waals surface area contributed by atoms with Crippen molar-refractivity contribution in [2.45, 2.75) is 6.18 Å². The first-order valence-electron chi connectivity index (χ1n) is 5.48. The van der Waals surface area contributed by atoms with E-state index in [-0.39, 0.29) is 22.0 Å². The lowest BCUT2D eigenvalue weighted by Gasteiger charge is -2.14. The van der Waals surface area contributed by atoms with E-state index in [1.165, 1.54) is 6.07 Å². The van der Waals surface area contributed by atoms with E-state index >= 15 is 0 Å². The summed E-state index contributed by atoms with van der Waals surface area (Å²) in [6.45, 7) is 0. The summed E-state index contributed by atoms with van der Waals surface area (Å²) in [4.78, 5) is 10.7. The third-order valence-electron chi connectivity index (χ3n) is 2.66. The van der Waals surface area contributed by atoms with Gasteiger partial charge in [0.2, 0.25) is 0 Å². The number of halogens is 4. The summed E-state index contributed by atoms with van der Waals surface area (Å²) in [7, 11) is 1.08. The molecule has 2 N–H and O–H groups in total. The molecule has 1 aromatic carbocycles. The topological polar surface area (TPSA) is 75.2 Å². The summed E-state index contributed by atoms with van der Waals surface area (Å²) in [6, 6.07) is 3.13. The summed E-state index contributed by atoms with van der Waals surface area (Å²) in [5.74, 6) is -1.77. The first-order chi connectivity index (χ1) is 9.74. The van der Waals surface area contributed by atoms with Crippen molar-refractivity contribution in [2.24, 2.45) is 0 Å². The molecule has 0 spiro atoms. The quantitative estimate of drug-likeness (QED) is 0.908. The van der Waals surface area contributed by atoms with Gasteiger partial charge in [-0.15, -0.1) is 0 Å². The van der Waals surface area contributed by atoms with Crippen molar-refractivity contribution in [3.63, 3.8) is 0 Å². The molecule has 0 unspecified atom stereocenters. The molecule has 0 saturated carbocycles. The predicted molar refractivity (Wildman–Crippen MR) is 67.5 cm³/mol. The van der Waals surface area contributed by atoms with E-state index in [1.54, 1.807) is 0 Å². The van der Waals surface area contributed by atoms with Gasteiger partial charge >= 0.3 is 12.1 Å². The van der Waals surface area contributed by atoms with Gasteiger partial charge in [0.25, 0.3) is 0 Å². The van der Waals surface area contributed by atoms with E-state index in [2.05, 4.69) is 14.9 Å². The van der Waals surface area contributed by atoms with E-state index < -0.39 is 23.5 Å². The van der Waals surface area contributed by atoms with Crippen LogP contribution in [0.3, 0.4) is 0 Å². The molecule has 1 aromatic heterocycles. The molecule has 1 heterocycles. The van der Waals surface area contributed by atoms with Crippen molar-refractivity contribution in [1.29, 1.82) is 0 Å². The standard InChI is InChI=1S/C12H8ClF3N2O3/c1-21-10-6(12(14,15)16)2-5(3-7(10)13)8-4-9(11(19)20)18-17-8/h2-4H,1H3,(H,17,18)(H,19,20). The zero-order valence-electron chi connectivity index (χ0n) is 10.5. The van der Waals surface area contributed by atoms with Gasteiger partial charge in [-0.3, -0.25) is 5.10 Å². The molecular weight excluding hydrogens is 313 g/mol. The molecule has 21 heavy (non-hydrogen) atoms. The molecular formula is C12H8ClF3N2O3. The highest BCUT2D eigenvalue weighted by Gasteiger charge is 2.36. The highest BCUT2D eigenvalue weighted by molar-refractivity contribution is 6.32. The van der Waals surface area contributed by atoms with Crippen LogP contribution in [0.1, 0.15) is 16.1 Å². The number of aromatic amines is 1. The molecule has 2 aromatic rings. The fraction of sp³-hybridized carbons (Fsp3) is 0.167. The van der Waals surface area contributed by atoms with E-state index in [1.807, 2.05) is 0 Å². The minimum atomic E-state index is -4.67. The lowest BCUT2D eigenvalue weighted by molar-refractivity contribution is -0.138. The Balaban J connectivity index is 2.59. The fourth-order valence-electron chi connectivity index (χ4n) is 1.74. The number of hydrogen-bond acceptors (Lipinski definition) is 3. The van der Waals surface area contributed by atoms with Crippen molar-refractivity contribution in [3.05, 3.63) is 34.5 Å². The van der Waals surface area contributed by atoms with Crippen molar-refractivity contribution in [3.8, 4) is 17.0 Å². The highest BCUT2D eigenvalue weighted by atomic mass is 35.5. The smallest absolute Gasteiger partial charge is 0.420 e. The number of nitrogens with zero attached hydrogens (tertiary/aromatic N) is 1. The average molecular weight is 321 g/mol. The minimum Gasteiger partial charge on any atom is -0.495 e. The first kappa shape index (κ1) is 15.2. The number of alkyl halides is 3. The molecule has 112 valence electrons. The molecule has 0 aliphatic carbocycles. The zero-order chi connectivity index (χ0) is 15.8. The predicted octanol–water partition coefficient (Wildman–Crippen LogP) is 3.46. The number of carboxylic acid groups (broad SMARTS) is 1. The Bertz CT molecular complexity index is 698. The Kier molecular flexibility index (Phi) is 3.82. The maximum atomic E-state index is 13.0. The first-order valence-corrected chi connectivity index (χ1v) is 5.85. The Hall–Kier alpha value is -2.22. The average Bonchev–Trinajstić information content (AvgIpc) is 2.86. The molecule has 9 heteroatoms. The van der Waals surface area contributed by atoms with E-state index in [4.69, 9.17) is 16.7 Å². The number of aromatic carboxylic acids is 1. The summed E-state index contributed by atoms with van der Waals surface area (Å²) < 4.78 is 43.6. The molecule has 0 aliphatic heterocycles. The van der Waals surface area contributed by atoms with Crippen LogP contribution in [-0.4, -0.2) is 28.4 Å². The Morgan fingerprint density at radius 3 is 2.52 bits per heavy atom. The number of benzene rings is 1. The van der Waals surface area contributed by atoms with Crippen LogP contribution in [0.25, 0.3) is 11.3 Å². The summed E-state index contributed by atoms with van der Waals surface area (Å²) >= 11 is 5.78. The van der Waals surface area contributed by atoms with Gasteiger partial charge in [0.15, 0.2) is 0 Å². The molecule has 0 fully saturated rings. The number of aromatic nitrogens is 2. The number of methoxy groups -OCH3 is 1. The highest BCUT2D eigenvalue weighted by Crippen LogP contribution is 2.42. The zero-order valence-corrected chi connectivity index (χ0v) is 11.2. The Morgan fingerprint density at radius 1 is 1.38 bits per heavy atom. The van der Waals surface area contributed by atoms with Crippen LogP contribution in [-0.2, 0) is 6.18 Å². The number of ether oxygens (including phenoxy) is 1. The maximum Gasteiger partial charge on any atom is 0.420 e. The molecule has 0 bridgehead atoms. The van der Waals surface area contributed by atoms with Crippen LogP contribution in [0.4, 0.5) is 13.2 Å². The molecule has 0 aliphatic rings. The SMILES string of the molecule is COc1c(Cl)cc(-c2cc(C(=O)O)[nH]n2)cc1C(F)(F)F. The van der Waals surface area contributed by atoms with Gasteiger partial charge in [0, 0.05) is 5.56 Å². The maximum absolute atomic E-state index is 13.0. The van der Waals surface area contributed by atoms with Gasteiger partial charge < -0.3 is 9.84 Å². The largest absolute Gasteiger partial charge is 0.495 e. The lowest BCUT2D eigenvalue weighted by Crippen LogP contribution is -2.08. The second-order valence-corrected chi connectivity index (χ2v) is 4.42. The molecule has 0 amide bonds.